The molecule has 1 aromatic heterocycles. The summed E-state index contributed by atoms with van der Waals surface area (Å²) in [6, 6.07) is 6.85. The van der Waals surface area contributed by atoms with Crippen LogP contribution in [-0.4, -0.2) is 27.0 Å². The van der Waals surface area contributed by atoms with Crippen LogP contribution in [0, 0.1) is 6.92 Å². The Bertz CT molecular complexity index is 598. The van der Waals surface area contributed by atoms with E-state index in [0.717, 1.165) is 25.3 Å². The number of rotatable bonds is 5. The first-order valence-electron chi connectivity index (χ1n) is 6.95. The Morgan fingerprint density at radius 3 is 2.74 bits per heavy atom. The monoisotopic (exact) mass is 374 g/mol. The third-order valence-electron chi connectivity index (χ3n) is 3.16. The SMILES string of the molecule is CCO/C(=C/c1[te]c2ccc(C)cc2[n+]1CC)CC. The van der Waals surface area contributed by atoms with Crippen molar-refractivity contribution in [1.29, 1.82) is 0 Å². The molecular weight excluding hydrogens is 350 g/mol. The molecule has 0 radical (unpaired) electrons. The van der Waals surface area contributed by atoms with Crippen molar-refractivity contribution in [3.05, 3.63) is 33.2 Å². The van der Waals surface area contributed by atoms with Crippen molar-refractivity contribution in [2.75, 3.05) is 6.61 Å². The Kier molecular flexibility index (Phi) is 5.07. The second kappa shape index (κ2) is 6.59. The average molecular weight is 372 g/mol. The molecule has 0 fully saturated rings. The molecule has 1 heterocycles. The third kappa shape index (κ3) is 3.22. The number of hydrogen-bond donors (Lipinski definition) is 0. The van der Waals surface area contributed by atoms with Crippen molar-refractivity contribution in [3.8, 4) is 0 Å². The Morgan fingerprint density at radius 1 is 1.32 bits per heavy atom. The summed E-state index contributed by atoms with van der Waals surface area (Å²) in [5.74, 6) is 1.12. The Labute approximate surface area is 125 Å². The van der Waals surface area contributed by atoms with E-state index >= 15 is 0 Å². The van der Waals surface area contributed by atoms with Gasteiger partial charge in [0, 0.05) is 0 Å². The zero-order valence-electron chi connectivity index (χ0n) is 12.2. The minimum absolute atomic E-state index is 0.264. The molecule has 102 valence electrons. The van der Waals surface area contributed by atoms with Crippen LogP contribution in [0.25, 0.3) is 15.0 Å². The molecule has 0 unspecified atom stereocenters. The summed E-state index contributed by atoms with van der Waals surface area (Å²) >= 11 is -0.264. The molecular formula is C16H22NOTe+. The van der Waals surface area contributed by atoms with E-state index in [4.69, 9.17) is 4.74 Å². The summed E-state index contributed by atoms with van der Waals surface area (Å²) in [5.41, 5.74) is 2.76. The quantitative estimate of drug-likeness (QED) is 0.446. The fourth-order valence-electron chi connectivity index (χ4n) is 2.21. The summed E-state index contributed by atoms with van der Waals surface area (Å²) in [7, 11) is 0. The van der Waals surface area contributed by atoms with Crippen LogP contribution < -0.4 is 4.57 Å². The normalized spacial score (nSPS) is 12.1. The van der Waals surface area contributed by atoms with E-state index in [1.165, 1.54) is 14.8 Å². The van der Waals surface area contributed by atoms with E-state index in [9.17, 15) is 0 Å². The van der Waals surface area contributed by atoms with Crippen LogP contribution in [0.2, 0.25) is 0 Å². The van der Waals surface area contributed by atoms with E-state index in [1.807, 2.05) is 0 Å². The van der Waals surface area contributed by atoms with Crippen LogP contribution in [0.3, 0.4) is 0 Å². The van der Waals surface area contributed by atoms with Gasteiger partial charge in [0.15, 0.2) is 0 Å². The van der Waals surface area contributed by atoms with Gasteiger partial charge in [0.1, 0.15) is 0 Å². The minimum atomic E-state index is -0.264. The van der Waals surface area contributed by atoms with Gasteiger partial charge in [-0.15, -0.1) is 0 Å². The summed E-state index contributed by atoms with van der Waals surface area (Å²) < 4.78 is 11.2. The summed E-state index contributed by atoms with van der Waals surface area (Å²) in [6.07, 6.45) is 3.25. The Morgan fingerprint density at radius 2 is 2.11 bits per heavy atom. The Hall–Kier alpha value is -0.780. The van der Waals surface area contributed by atoms with E-state index < -0.39 is 0 Å². The van der Waals surface area contributed by atoms with Crippen LogP contribution in [0.15, 0.2) is 24.0 Å². The molecule has 0 aliphatic carbocycles. The van der Waals surface area contributed by atoms with Gasteiger partial charge in [-0.3, -0.25) is 0 Å². The van der Waals surface area contributed by atoms with Crippen LogP contribution >= 0.6 is 0 Å². The first-order chi connectivity index (χ1) is 9.19. The molecule has 3 heteroatoms. The fraction of sp³-hybridized carbons (Fsp3) is 0.438. The number of aromatic nitrogens is 1. The number of hydrogen-bond acceptors (Lipinski definition) is 1. The van der Waals surface area contributed by atoms with Crippen molar-refractivity contribution in [2.24, 2.45) is 0 Å². The van der Waals surface area contributed by atoms with Gasteiger partial charge in [-0.25, -0.2) is 0 Å². The van der Waals surface area contributed by atoms with Crippen molar-refractivity contribution in [2.45, 2.75) is 40.7 Å². The number of aryl methyl sites for hydroxylation is 2. The van der Waals surface area contributed by atoms with Gasteiger partial charge in [0.25, 0.3) is 0 Å². The summed E-state index contributed by atoms with van der Waals surface area (Å²) in [5, 5.41) is 0. The van der Waals surface area contributed by atoms with E-state index in [2.05, 4.69) is 56.5 Å². The number of fused-ring (bicyclic) bond motifs is 1. The van der Waals surface area contributed by atoms with Crippen molar-refractivity contribution in [1.82, 2.24) is 0 Å². The predicted molar refractivity (Wildman–Crippen MR) is 81.4 cm³/mol. The second-order valence-electron chi connectivity index (χ2n) is 4.55. The summed E-state index contributed by atoms with van der Waals surface area (Å²) in [6.45, 7) is 10.4. The van der Waals surface area contributed by atoms with Gasteiger partial charge in [-0.05, 0) is 0 Å². The van der Waals surface area contributed by atoms with E-state index in [1.54, 1.807) is 3.40 Å². The average Bonchev–Trinajstić information content (AvgIpc) is 2.74. The number of nitrogens with zero attached hydrogens (tertiary/aromatic N) is 1. The molecule has 0 N–H and O–H groups in total. The zero-order valence-corrected chi connectivity index (χ0v) is 14.5. The molecule has 0 amide bonds. The van der Waals surface area contributed by atoms with E-state index in [0.29, 0.717) is 0 Å². The molecule has 0 aliphatic heterocycles. The van der Waals surface area contributed by atoms with Gasteiger partial charge in [0.2, 0.25) is 0 Å². The molecule has 2 rings (SSSR count). The Balaban J connectivity index is 2.54. The van der Waals surface area contributed by atoms with Gasteiger partial charge in [0.05, 0.1) is 0 Å². The van der Waals surface area contributed by atoms with Gasteiger partial charge >= 0.3 is 125 Å². The molecule has 19 heavy (non-hydrogen) atoms. The van der Waals surface area contributed by atoms with Crippen molar-refractivity contribution >= 4 is 35.4 Å². The van der Waals surface area contributed by atoms with Crippen molar-refractivity contribution < 1.29 is 9.30 Å². The molecule has 2 aromatic rings. The third-order valence-corrected chi connectivity index (χ3v) is 6.34. The molecule has 0 saturated heterocycles. The first kappa shape index (κ1) is 14.6. The van der Waals surface area contributed by atoms with Gasteiger partial charge in [-0.2, -0.15) is 0 Å². The summed E-state index contributed by atoms with van der Waals surface area (Å²) in [4.78, 5) is 0. The standard InChI is InChI=1S/C16H22NOTe/c1-5-13(18-7-3)11-16-17(6-2)14-10-12(4)8-9-15(14)19-16/h8-11H,5-7H2,1-4H3/q+1/b13-11+. The molecule has 0 saturated carbocycles. The maximum atomic E-state index is 5.70. The van der Waals surface area contributed by atoms with Crippen LogP contribution in [0.5, 0.6) is 0 Å². The number of ether oxygens (including phenoxy) is 1. The zero-order chi connectivity index (χ0) is 13.8. The fourth-order valence-corrected chi connectivity index (χ4v) is 5.53. The van der Waals surface area contributed by atoms with Crippen LogP contribution in [0.4, 0.5) is 0 Å². The molecule has 0 bridgehead atoms. The maximum absolute atomic E-state index is 5.70. The molecule has 0 aliphatic rings. The van der Waals surface area contributed by atoms with Crippen LogP contribution in [0.1, 0.15) is 36.5 Å². The topological polar surface area (TPSA) is 13.1 Å². The number of benzene rings is 1. The van der Waals surface area contributed by atoms with Gasteiger partial charge in [-0.1, -0.05) is 0 Å². The second-order valence-corrected chi connectivity index (χ2v) is 7.58. The molecule has 0 atom stereocenters. The predicted octanol–water partition coefficient (Wildman–Crippen LogP) is 3.30. The number of allylic oxidation sites excluding steroid dienone is 1. The molecule has 1 aromatic carbocycles. The van der Waals surface area contributed by atoms with E-state index in [-0.39, 0.29) is 20.4 Å². The first-order valence-corrected chi connectivity index (χ1v) is 9.29. The van der Waals surface area contributed by atoms with Crippen LogP contribution in [-0.2, 0) is 11.3 Å². The molecule has 2 nitrogen and oxygen atoms in total. The van der Waals surface area contributed by atoms with Crippen molar-refractivity contribution in [3.63, 3.8) is 0 Å². The van der Waals surface area contributed by atoms with Gasteiger partial charge < -0.3 is 0 Å². The molecule has 0 spiro atoms.